The summed E-state index contributed by atoms with van der Waals surface area (Å²) in [6.07, 6.45) is 2.64. The van der Waals surface area contributed by atoms with Crippen LogP contribution in [0.3, 0.4) is 0 Å². The SMILES string of the molecule is NC(=O)[C@@H]1CCCN(c2ccc(CNC(=O)c3ccc4c(c3)OCCCO4)cc2)C1. The highest BCUT2D eigenvalue weighted by atomic mass is 16.5. The molecule has 2 aliphatic heterocycles. The van der Waals surface area contributed by atoms with Crippen molar-refractivity contribution in [2.75, 3.05) is 31.2 Å². The Morgan fingerprint density at radius 3 is 2.57 bits per heavy atom. The van der Waals surface area contributed by atoms with Gasteiger partial charge in [-0.05, 0) is 48.7 Å². The van der Waals surface area contributed by atoms with Gasteiger partial charge in [0.05, 0.1) is 19.1 Å². The molecule has 2 heterocycles. The smallest absolute Gasteiger partial charge is 0.251 e. The lowest BCUT2D eigenvalue weighted by Crippen LogP contribution is -2.41. The Labute approximate surface area is 176 Å². The molecule has 3 N–H and O–H groups in total. The van der Waals surface area contributed by atoms with Crippen molar-refractivity contribution in [2.45, 2.75) is 25.8 Å². The van der Waals surface area contributed by atoms with Crippen molar-refractivity contribution in [3.63, 3.8) is 0 Å². The van der Waals surface area contributed by atoms with Gasteiger partial charge in [-0.2, -0.15) is 0 Å². The van der Waals surface area contributed by atoms with Crippen molar-refractivity contribution in [1.82, 2.24) is 5.32 Å². The second-order valence-electron chi connectivity index (χ2n) is 7.75. The van der Waals surface area contributed by atoms with Gasteiger partial charge < -0.3 is 25.4 Å². The van der Waals surface area contributed by atoms with Crippen molar-refractivity contribution in [3.8, 4) is 11.5 Å². The van der Waals surface area contributed by atoms with Crippen molar-refractivity contribution in [2.24, 2.45) is 11.7 Å². The number of benzene rings is 2. The van der Waals surface area contributed by atoms with Gasteiger partial charge in [0.15, 0.2) is 11.5 Å². The van der Waals surface area contributed by atoms with Crippen LogP contribution in [0.15, 0.2) is 42.5 Å². The third-order valence-electron chi connectivity index (χ3n) is 5.59. The van der Waals surface area contributed by atoms with Gasteiger partial charge in [0.2, 0.25) is 5.91 Å². The second kappa shape index (κ2) is 9.07. The molecular formula is C23H27N3O4. The van der Waals surface area contributed by atoms with Gasteiger partial charge in [-0.3, -0.25) is 9.59 Å². The van der Waals surface area contributed by atoms with Crippen LogP contribution in [0.4, 0.5) is 5.69 Å². The van der Waals surface area contributed by atoms with E-state index in [-0.39, 0.29) is 17.7 Å². The summed E-state index contributed by atoms with van der Waals surface area (Å²) in [5.74, 6) is 0.813. The van der Waals surface area contributed by atoms with Crippen molar-refractivity contribution in [1.29, 1.82) is 0 Å². The summed E-state index contributed by atoms with van der Waals surface area (Å²) in [6, 6.07) is 13.3. The van der Waals surface area contributed by atoms with E-state index in [1.807, 2.05) is 24.3 Å². The van der Waals surface area contributed by atoms with Crippen LogP contribution in [-0.4, -0.2) is 38.1 Å². The lowest BCUT2D eigenvalue weighted by atomic mass is 9.97. The number of rotatable bonds is 5. The first-order valence-corrected chi connectivity index (χ1v) is 10.4. The largest absolute Gasteiger partial charge is 0.490 e. The molecule has 0 unspecified atom stereocenters. The summed E-state index contributed by atoms with van der Waals surface area (Å²) >= 11 is 0. The summed E-state index contributed by atoms with van der Waals surface area (Å²) in [5, 5.41) is 2.95. The van der Waals surface area contributed by atoms with Crippen LogP contribution in [0.5, 0.6) is 11.5 Å². The molecule has 158 valence electrons. The fraction of sp³-hybridized carbons (Fsp3) is 0.391. The number of hydrogen-bond donors (Lipinski definition) is 2. The molecule has 0 radical (unpaired) electrons. The Balaban J connectivity index is 1.34. The molecule has 2 aromatic rings. The summed E-state index contributed by atoms with van der Waals surface area (Å²) in [4.78, 5) is 26.2. The molecule has 1 atom stereocenters. The molecule has 7 heteroatoms. The van der Waals surface area contributed by atoms with Gasteiger partial charge in [-0.15, -0.1) is 0 Å². The van der Waals surface area contributed by atoms with E-state index in [1.54, 1.807) is 18.2 Å². The summed E-state index contributed by atoms with van der Waals surface area (Å²) in [7, 11) is 0. The molecule has 0 aliphatic carbocycles. The van der Waals surface area contributed by atoms with E-state index in [4.69, 9.17) is 15.2 Å². The van der Waals surface area contributed by atoms with E-state index >= 15 is 0 Å². The van der Waals surface area contributed by atoms with Gasteiger partial charge in [0.25, 0.3) is 5.91 Å². The van der Waals surface area contributed by atoms with E-state index in [1.165, 1.54) is 0 Å². The number of carbonyl (C=O) groups excluding carboxylic acids is 2. The Morgan fingerprint density at radius 2 is 1.80 bits per heavy atom. The second-order valence-corrected chi connectivity index (χ2v) is 7.75. The molecule has 0 saturated carbocycles. The number of fused-ring (bicyclic) bond motifs is 1. The Bertz CT molecular complexity index is 913. The van der Waals surface area contributed by atoms with Crippen LogP contribution in [0.25, 0.3) is 0 Å². The fourth-order valence-electron chi connectivity index (χ4n) is 3.86. The van der Waals surface area contributed by atoms with Crippen molar-refractivity contribution in [3.05, 3.63) is 53.6 Å². The zero-order valence-electron chi connectivity index (χ0n) is 16.9. The Hall–Kier alpha value is -3.22. The number of nitrogens with two attached hydrogens (primary N) is 1. The van der Waals surface area contributed by atoms with E-state index < -0.39 is 0 Å². The predicted octanol–water partition coefficient (Wildman–Crippen LogP) is 2.48. The minimum absolute atomic E-state index is 0.0898. The molecule has 7 nitrogen and oxygen atoms in total. The number of anilines is 1. The molecule has 0 aromatic heterocycles. The molecular weight excluding hydrogens is 382 g/mol. The molecule has 0 spiro atoms. The minimum Gasteiger partial charge on any atom is -0.490 e. The van der Waals surface area contributed by atoms with Crippen LogP contribution in [0.1, 0.15) is 35.2 Å². The number of carbonyl (C=O) groups is 2. The summed E-state index contributed by atoms with van der Waals surface area (Å²) < 4.78 is 11.3. The standard InChI is InChI=1S/C23H27N3O4/c24-22(27)18-3-1-10-26(15-18)19-7-4-16(5-8-19)14-25-23(28)17-6-9-20-21(13-17)30-12-2-11-29-20/h4-9,13,18H,1-3,10-12,14-15H2,(H2,24,27)(H,25,28)/t18-/m1/s1. The number of piperidine rings is 1. The van der Waals surface area contributed by atoms with Gasteiger partial charge >= 0.3 is 0 Å². The number of nitrogens with zero attached hydrogens (tertiary/aromatic N) is 1. The van der Waals surface area contributed by atoms with Gasteiger partial charge in [-0.25, -0.2) is 0 Å². The number of hydrogen-bond acceptors (Lipinski definition) is 5. The van der Waals surface area contributed by atoms with Crippen LogP contribution in [0.2, 0.25) is 0 Å². The van der Waals surface area contributed by atoms with Crippen LogP contribution in [-0.2, 0) is 11.3 Å². The van der Waals surface area contributed by atoms with Gasteiger partial charge in [-0.1, -0.05) is 12.1 Å². The Kier molecular flexibility index (Phi) is 6.07. The number of nitrogens with one attached hydrogen (secondary N) is 1. The fourth-order valence-corrected chi connectivity index (χ4v) is 3.86. The lowest BCUT2D eigenvalue weighted by molar-refractivity contribution is -0.122. The number of ether oxygens (including phenoxy) is 2. The highest BCUT2D eigenvalue weighted by Crippen LogP contribution is 2.30. The molecule has 4 rings (SSSR count). The third kappa shape index (κ3) is 4.67. The van der Waals surface area contributed by atoms with E-state index in [2.05, 4.69) is 10.2 Å². The van der Waals surface area contributed by atoms with Crippen LogP contribution < -0.4 is 25.4 Å². The lowest BCUT2D eigenvalue weighted by Gasteiger charge is -2.33. The monoisotopic (exact) mass is 409 g/mol. The minimum atomic E-state index is -0.228. The summed E-state index contributed by atoms with van der Waals surface area (Å²) in [6.45, 7) is 3.22. The Morgan fingerprint density at radius 1 is 1.03 bits per heavy atom. The first-order valence-electron chi connectivity index (χ1n) is 10.4. The molecule has 1 fully saturated rings. The van der Waals surface area contributed by atoms with E-state index in [0.29, 0.717) is 43.4 Å². The maximum Gasteiger partial charge on any atom is 0.251 e. The van der Waals surface area contributed by atoms with Gasteiger partial charge in [0, 0.05) is 37.3 Å². The van der Waals surface area contributed by atoms with Gasteiger partial charge in [0.1, 0.15) is 0 Å². The highest BCUT2D eigenvalue weighted by molar-refractivity contribution is 5.94. The van der Waals surface area contributed by atoms with E-state index in [0.717, 1.165) is 37.1 Å². The van der Waals surface area contributed by atoms with E-state index in [9.17, 15) is 9.59 Å². The molecule has 30 heavy (non-hydrogen) atoms. The maximum atomic E-state index is 12.5. The molecule has 2 aromatic carbocycles. The number of primary amides is 1. The average molecular weight is 409 g/mol. The zero-order valence-corrected chi connectivity index (χ0v) is 16.9. The molecule has 2 aliphatic rings. The first kappa shape index (κ1) is 20.1. The van der Waals surface area contributed by atoms with Crippen LogP contribution >= 0.6 is 0 Å². The first-order chi connectivity index (χ1) is 14.6. The average Bonchev–Trinajstić information content (AvgIpc) is 3.03. The molecule has 2 amide bonds. The topological polar surface area (TPSA) is 93.9 Å². The third-order valence-corrected chi connectivity index (χ3v) is 5.59. The quantitative estimate of drug-likeness (QED) is 0.791. The zero-order chi connectivity index (χ0) is 20.9. The summed E-state index contributed by atoms with van der Waals surface area (Å²) in [5.41, 5.74) is 8.09. The van der Waals surface area contributed by atoms with Crippen molar-refractivity contribution >= 4 is 17.5 Å². The maximum absolute atomic E-state index is 12.5. The van der Waals surface area contributed by atoms with Crippen LogP contribution in [0, 0.1) is 5.92 Å². The molecule has 1 saturated heterocycles. The molecule has 0 bridgehead atoms. The normalized spacial score (nSPS) is 18.4. The predicted molar refractivity (Wildman–Crippen MR) is 114 cm³/mol. The van der Waals surface area contributed by atoms with Crippen molar-refractivity contribution < 1.29 is 19.1 Å². The number of amides is 2. The highest BCUT2D eigenvalue weighted by Gasteiger charge is 2.24.